The molecule has 18 heavy (non-hydrogen) atoms. The molecule has 1 aliphatic heterocycles. The summed E-state index contributed by atoms with van der Waals surface area (Å²) in [6.45, 7) is 3.84. The number of esters is 2. The second kappa shape index (κ2) is 7.41. The van der Waals surface area contributed by atoms with Gasteiger partial charge in [-0.3, -0.25) is 15.5 Å². The first-order valence-electron chi connectivity index (χ1n) is 6.33. The Morgan fingerprint density at radius 2 is 2.22 bits per heavy atom. The summed E-state index contributed by atoms with van der Waals surface area (Å²) in [6, 6.07) is 0. The van der Waals surface area contributed by atoms with Crippen LogP contribution in [0.2, 0.25) is 0 Å². The Morgan fingerprint density at radius 3 is 2.89 bits per heavy atom. The monoisotopic (exact) mass is 324 g/mol. The normalized spacial score (nSPS) is 29.2. The van der Waals surface area contributed by atoms with E-state index in [0.717, 1.165) is 19.3 Å². The van der Waals surface area contributed by atoms with Crippen LogP contribution in [0.15, 0.2) is 0 Å². The second-order valence-corrected chi connectivity index (χ2v) is 4.91. The van der Waals surface area contributed by atoms with E-state index in [0.29, 0.717) is 12.3 Å². The molecule has 0 spiro atoms. The van der Waals surface area contributed by atoms with E-state index >= 15 is 0 Å². The van der Waals surface area contributed by atoms with Crippen LogP contribution in [0.1, 0.15) is 39.5 Å². The number of carbonyl (C=O) groups excluding carboxylic acids is 2. The van der Waals surface area contributed by atoms with Gasteiger partial charge in [-0.1, -0.05) is 6.92 Å². The van der Waals surface area contributed by atoms with Crippen LogP contribution in [0.25, 0.3) is 0 Å². The first-order chi connectivity index (χ1) is 8.13. The molecule has 0 aromatic heterocycles. The van der Waals surface area contributed by atoms with Crippen molar-refractivity contribution >= 4 is 11.9 Å². The standard InChI is InChI=1S/C13H19O4.Rb/c1-3-8(2)12(14)16-7-10-9-5-4-6-11(9)17-13(10)15;/h9-11H,3-7H2,1-2H3;/q-1;+1/t9-,10+,11-;/m1./s1. The zero-order chi connectivity index (χ0) is 12.4. The number of fused-ring (bicyclic) bond motifs is 1. The van der Waals surface area contributed by atoms with Crippen LogP contribution in [-0.4, -0.2) is 24.6 Å². The van der Waals surface area contributed by atoms with Crippen molar-refractivity contribution in [3.63, 3.8) is 0 Å². The van der Waals surface area contributed by atoms with Crippen molar-refractivity contribution in [2.45, 2.75) is 45.6 Å². The molecule has 1 heterocycles. The van der Waals surface area contributed by atoms with Gasteiger partial charge < -0.3 is 9.47 Å². The SMILES string of the molecule is CC[C-](C)C(=O)OC[C@@H]1C(=O)O[C@@H]2CCC[C@H]12.[Rb+]. The molecule has 0 amide bonds. The summed E-state index contributed by atoms with van der Waals surface area (Å²) in [5.74, 6) is 0.232. The Balaban J connectivity index is 0.00000162. The molecule has 1 aliphatic carbocycles. The van der Waals surface area contributed by atoms with Gasteiger partial charge in [-0.25, -0.2) is 0 Å². The van der Waals surface area contributed by atoms with Crippen molar-refractivity contribution in [3.05, 3.63) is 5.92 Å². The number of ether oxygens (including phenoxy) is 2. The van der Waals surface area contributed by atoms with Crippen molar-refractivity contribution in [3.8, 4) is 0 Å². The molecule has 0 radical (unpaired) electrons. The summed E-state index contributed by atoms with van der Waals surface area (Å²) in [7, 11) is 0. The third-order valence-corrected chi connectivity index (χ3v) is 3.86. The molecule has 0 N–H and O–H groups in total. The van der Waals surface area contributed by atoms with E-state index in [2.05, 4.69) is 0 Å². The summed E-state index contributed by atoms with van der Waals surface area (Å²) in [4.78, 5) is 23.1. The van der Waals surface area contributed by atoms with Crippen LogP contribution >= 0.6 is 0 Å². The van der Waals surface area contributed by atoms with Crippen molar-refractivity contribution in [1.29, 1.82) is 0 Å². The Kier molecular flexibility index (Phi) is 6.86. The molecule has 2 aliphatic rings. The van der Waals surface area contributed by atoms with Crippen molar-refractivity contribution in [2.24, 2.45) is 11.8 Å². The molecule has 0 bridgehead atoms. The van der Waals surface area contributed by atoms with Gasteiger partial charge in [0.05, 0.1) is 5.92 Å². The van der Waals surface area contributed by atoms with Gasteiger partial charge in [0, 0.05) is 5.92 Å². The van der Waals surface area contributed by atoms with E-state index < -0.39 is 0 Å². The molecule has 2 fully saturated rings. The maximum Gasteiger partial charge on any atom is 1.00 e. The van der Waals surface area contributed by atoms with E-state index in [4.69, 9.17) is 9.47 Å². The zero-order valence-corrected chi connectivity index (χ0v) is 16.3. The average Bonchev–Trinajstić information content (AvgIpc) is 2.86. The number of hydrogen-bond donors (Lipinski definition) is 0. The minimum absolute atomic E-state index is 0. The molecule has 3 atom stereocenters. The van der Waals surface area contributed by atoms with Crippen molar-refractivity contribution < 1.29 is 77.3 Å². The predicted molar refractivity (Wildman–Crippen MR) is 60.9 cm³/mol. The summed E-state index contributed by atoms with van der Waals surface area (Å²) in [5.41, 5.74) is 0. The van der Waals surface area contributed by atoms with Gasteiger partial charge >= 0.3 is 64.2 Å². The van der Waals surface area contributed by atoms with Crippen LogP contribution < -0.4 is 58.2 Å². The van der Waals surface area contributed by atoms with Gasteiger partial charge in [-0.2, -0.15) is 13.3 Å². The van der Waals surface area contributed by atoms with Gasteiger partial charge in [0.25, 0.3) is 0 Å². The molecule has 96 valence electrons. The van der Waals surface area contributed by atoms with Crippen LogP contribution in [0.4, 0.5) is 0 Å². The number of hydrogen-bond acceptors (Lipinski definition) is 4. The Hall–Kier alpha value is 0.615. The largest absolute Gasteiger partial charge is 1.00 e. The van der Waals surface area contributed by atoms with E-state index in [1.165, 1.54) is 0 Å². The maximum atomic E-state index is 11.6. The van der Waals surface area contributed by atoms with Crippen LogP contribution in [0.5, 0.6) is 0 Å². The molecule has 4 nitrogen and oxygen atoms in total. The second-order valence-electron chi connectivity index (χ2n) is 4.91. The van der Waals surface area contributed by atoms with E-state index in [1.807, 2.05) is 6.92 Å². The number of carbonyl (C=O) groups is 2. The molecule has 0 aromatic carbocycles. The third kappa shape index (κ3) is 3.59. The van der Waals surface area contributed by atoms with Crippen LogP contribution in [0.3, 0.4) is 0 Å². The fraction of sp³-hybridized carbons (Fsp3) is 0.769. The third-order valence-electron chi connectivity index (χ3n) is 3.86. The van der Waals surface area contributed by atoms with Gasteiger partial charge in [0.2, 0.25) is 0 Å². The molecular weight excluding hydrogens is 306 g/mol. The van der Waals surface area contributed by atoms with Gasteiger partial charge in [-0.15, -0.1) is 0 Å². The Bertz CT molecular complexity index is 318. The summed E-state index contributed by atoms with van der Waals surface area (Å²) in [5, 5.41) is 0. The maximum absolute atomic E-state index is 11.6. The fourth-order valence-corrected chi connectivity index (χ4v) is 2.60. The topological polar surface area (TPSA) is 52.6 Å². The Labute approximate surface area is 157 Å². The first-order valence-corrected chi connectivity index (χ1v) is 6.33. The van der Waals surface area contributed by atoms with Gasteiger partial charge in [0.15, 0.2) is 5.97 Å². The summed E-state index contributed by atoms with van der Waals surface area (Å²) >= 11 is 0. The molecule has 0 aromatic rings. The van der Waals surface area contributed by atoms with Crippen molar-refractivity contribution in [1.82, 2.24) is 0 Å². The molecule has 0 unspecified atom stereocenters. The summed E-state index contributed by atoms with van der Waals surface area (Å²) < 4.78 is 10.5. The molecule has 5 heteroatoms. The van der Waals surface area contributed by atoms with Crippen LogP contribution in [0, 0.1) is 17.8 Å². The summed E-state index contributed by atoms with van der Waals surface area (Å²) in [6.07, 6.45) is 3.82. The van der Waals surface area contributed by atoms with E-state index in [-0.39, 0.29) is 94.7 Å². The molecule has 1 saturated carbocycles. The van der Waals surface area contributed by atoms with E-state index in [1.54, 1.807) is 6.92 Å². The zero-order valence-electron chi connectivity index (χ0n) is 11.4. The molecule has 1 saturated heterocycles. The fourth-order valence-electron chi connectivity index (χ4n) is 2.60. The van der Waals surface area contributed by atoms with Gasteiger partial charge in [0.1, 0.15) is 12.7 Å². The smallest absolute Gasteiger partial charge is 0.487 e. The predicted octanol–water partition coefficient (Wildman–Crippen LogP) is -1.12. The minimum Gasteiger partial charge on any atom is -0.487 e. The first kappa shape index (κ1) is 16.7. The van der Waals surface area contributed by atoms with Crippen molar-refractivity contribution in [2.75, 3.05) is 6.61 Å². The Morgan fingerprint density at radius 1 is 1.50 bits per heavy atom. The molecular formula is C13H19O4Rb. The molecule has 2 rings (SSSR count). The van der Waals surface area contributed by atoms with E-state index in [9.17, 15) is 9.59 Å². The number of rotatable bonds is 4. The van der Waals surface area contributed by atoms with Crippen LogP contribution in [-0.2, 0) is 19.1 Å². The average molecular weight is 325 g/mol. The van der Waals surface area contributed by atoms with Gasteiger partial charge in [-0.05, 0) is 19.3 Å². The minimum atomic E-state index is -0.290. The quantitative estimate of drug-likeness (QED) is 0.486.